The molecular weight excluding hydrogens is 805 g/mol. The summed E-state index contributed by atoms with van der Waals surface area (Å²) in [5.74, 6) is -5.78. The fourth-order valence-corrected chi connectivity index (χ4v) is 11.8. The number of hydrogen-bond donors (Lipinski definition) is 3. The number of aliphatic hydroxyl groups is 2. The number of nitrogens with zero attached hydrogens (tertiary/aromatic N) is 4. The van der Waals surface area contributed by atoms with Crippen molar-refractivity contribution >= 4 is 11.8 Å². The van der Waals surface area contributed by atoms with Crippen molar-refractivity contribution in [1.82, 2.24) is 20.0 Å². The van der Waals surface area contributed by atoms with Gasteiger partial charge in [-0.2, -0.15) is 0 Å². The molecule has 14 nitrogen and oxygen atoms in total. The highest BCUT2D eigenvalue weighted by Crippen LogP contribution is 2.56. The van der Waals surface area contributed by atoms with Crippen LogP contribution < -0.4 is 0 Å². The van der Waals surface area contributed by atoms with Gasteiger partial charge in [-0.1, -0.05) is 72.7 Å². The van der Waals surface area contributed by atoms with Gasteiger partial charge in [-0.15, -0.1) is 5.10 Å². The predicted octanol–water partition coefficient (Wildman–Crippen LogP) is 7.72. The highest BCUT2D eigenvalue weighted by molar-refractivity contribution is 5.84. The van der Waals surface area contributed by atoms with E-state index in [1.54, 1.807) is 17.8 Å². The van der Waals surface area contributed by atoms with Crippen LogP contribution in [0.3, 0.4) is 0 Å². The molecule has 18 atom stereocenters. The Morgan fingerprint density at radius 3 is 2.32 bits per heavy atom. The fraction of sp³-hybridized carbons (Fsp3) is 0.776. The van der Waals surface area contributed by atoms with Gasteiger partial charge in [0.15, 0.2) is 11.6 Å². The maximum absolute atomic E-state index is 14.8. The third-order valence-electron chi connectivity index (χ3n) is 16.2. The highest BCUT2D eigenvalue weighted by Gasteiger charge is 2.64. The van der Waals surface area contributed by atoms with Crippen LogP contribution in [0.2, 0.25) is 0 Å². The predicted molar refractivity (Wildman–Crippen MR) is 235 cm³/mol. The van der Waals surface area contributed by atoms with Crippen molar-refractivity contribution in [1.29, 1.82) is 0 Å². The number of hydrogen-bond acceptors (Lipinski definition) is 12. The van der Waals surface area contributed by atoms with Gasteiger partial charge >= 0.3 is 5.97 Å². The summed E-state index contributed by atoms with van der Waals surface area (Å²) in [4.78, 5) is 31.3. The smallest absolute Gasteiger partial charge is 0.309 e. The van der Waals surface area contributed by atoms with Crippen LogP contribution >= 0.6 is 0 Å². The molecule has 2 spiro atoms. The van der Waals surface area contributed by atoms with Gasteiger partial charge in [0, 0.05) is 36.3 Å². The summed E-state index contributed by atoms with van der Waals surface area (Å²) < 4.78 is 36.8. The first-order valence-electron chi connectivity index (χ1n) is 23.9. The first-order chi connectivity index (χ1) is 29.8. The van der Waals surface area contributed by atoms with Gasteiger partial charge in [0.2, 0.25) is 0 Å². The van der Waals surface area contributed by atoms with E-state index in [1.165, 1.54) is 0 Å². The zero-order valence-corrected chi connectivity index (χ0v) is 39.2. The Bertz CT molecular complexity index is 1930. The number of rotatable bonds is 14. The van der Waals surface area contributed by atoms with Gasteiger partial charge in [-0.05, 0) is 102 Å². The lowest BCUT2D eigenvalue weighted by Gasteiger charge is -2.55. The summed E-state index contributed by atoms with van der Waals surface area (Å²) in [6.07, 6.45) is 10.7. The largest absolute Gasteiger partial charge is 0.481 e. The summed E-state index contributed by atoms with van der Waals surface area (Å²) in [6.45, 7) is 19.9. The molecule has 350 valence electrons. The molecule has 7 heterocycles. The minimum Gasteiger partial charge on any atom is -0.481 e. The van der Waals surface area contributed by atoms with Crippen molar-refractivity contribution in [3.8, 4) is 11.4 Å². The Hall–Kier alpha value is -3.11. The lowest BCUT2D eigenvalue weighted by Crippen LogP contribution is -2.62. The molecular formula is C49H74N4O10. The second kappa shape index (κ2) is 18.6. The van der Waals surface area contributed by atoms with Crippen molar-refractivity contribution in [3.63, 3.8) is 0 Å². The van der Waals surface area contributed by atoms with Crippen LogP contribution in [-0.2, 0) is 33.3 Å². The maximum atomic E-state index is 14.8. The number of aliphatic carboxylic acids is 1. The van der Waals surface area contributed by atoms with Crippen molar-refractivity contribution in [2.24, 2.45) is 41.4 Å². The van der Waals surface area contributed by atoms with E-state index in [1.807, 2.05) is 65.1 Å². The Balaban J connectivity index is 1.16. The first-order valence-corrected chi connectivity index (χ1v) is 23.9. The SMILES string of the molecule is CC[C@@H](C(=O)[C@@H](C)[C@@H](O)[C@H](C)[C@@H]1O[C@@H]([C@@H](CC)C(=O)O)CC[C@@H]1C)[C@H]1O[C@]2(C=C[C@H](n3cc(-c4ccccn4)nn3)[C@]3(CC[C@@](C)([C@H]4CC[C@](O)(CC)[C@H](C)O4)O3)O2)[C@H](C)C[C@@H]1C. The van der Waals surface area contributed by atoms with E-state index >= 15 is 0 Å². The molecule has 2 aromatic rings. The number of aromatic nitrogens is 4. The normalized spacial score (nSPS) is 40.7. The second-order valence-electron chi connectivity index (χ2n) is 20.2. The topological polar surface area (TPSA) is 185 Å². The summed E-state index contributed by atoms with van der Waals surface area (Å²) in [6, 6.07) is 5.12. The van der Waals surface area contributed by atoms with Gasteiger partial charge < -0.3 is 39.0 Å². The number of pyridine rings is 1. The summed E-state index contributed by atoms with van der Waals surface area (Å²) >= 11 is 0. The number of ketones is 1. The van der Waals surface area contributed by atoms with Crippen LogP contribution in [0, 0.1) is 41.4 Å². The number of aliphatic hydroxyl groups excluding tert-OH is 1. The molecule has 4 fully saturated rings. The van der Waals surface area contributed by atoms with Crippen LogP contribution in [0.15, 0.2) is 42.7 Å². The fourth-order valence-electron chi connectivity index (χ4n) is 11.8. The zero-order valence-electron chi connectivity index (χ0n) is 39.2. The van der Waals surface area contributed by atoms with E-state index < -0.39 is 76.8 Å². The number of Topliss-reactive ketones (excluding diaryl/α,β-unsaturated/α-hetero) is 1. The molecule has 0 radical (unpaired) electrons. The molecule has 5 aliphatic heterocycles. The Labute approximate surface area is 373 Å². The molecule has 0 aliphatic carbocycles. The molecule has 14 heteroatoms. The third-order valence-corrected chi connectivity index (χ3v) is 16.2. The number of ether oxygens (including phenoxy) is 5. The third kappa shape index (κ3) is 8.95. The molecule has 2 aromatic heterocycles. The quantitative estimate of drug-likeness (QED) is 0.157. The van der Waals surface area contributed by atoms with Gasteiger partial charge in [0.25, 0.3) is 0 Å². The standard InChI is InChI=1S/C49H74N4O10/c1-11-34(45(56)57)38-18-17-28(4)43(60-38)32(8)41(54)31(7)42(55)35(12-2)44-29(5)26-30(6)48(61-44)22-19-39(53-27-37(51-52-53)36-16-14-15-25-50-36)49(63-48)24-23-46(10,62-49)40-20-21-47(58,13-3)33(9)59-40/h14-16,19,22,25,27-35,38-41,43-44,54,58H,11-13,17-18,20-21,23-24,26H2,1-10H3,(H,56,57)/t28-,29-,30+,31-,32-,33-,34+,35-,38+,39-,40+,41+,43+,44-,46-,47+,48-,49-/m0/s1. The van der Waals surface area contributed by atoms with E-state index in [0.29, 0.717) is 69.2 Å². The Kier molecular flexibility index (Phi) is 14.2. The lowest BCUT2D eigenvalue weighted by atomic mass is 9.72. The van der Waals surface area contributed by atoms with Crippen LogP contribution in [0.5, 0.6) is 0 Å². The minimum atomic E-state index is -1.26. The van der Waals surface area contributed by atoms with Gasteiger partial charge in [0.05, 0.1) is 65.6 Å². The van der Waals surface area contributed by atoms with Crippen LogP contribution in [0.25, 0.3) is 11.4 Å². The van der Waals surface area contributed by atoms with Gasteiger partial charge in [0.1, 0.15) is 17.5 Å². The van der Waals surface area contributed by atoms with E-state index in [0.717, 1.165) is 6.42 Å². The molecule has 0 aromatic carbocycles. The van der Waals surface area contributed by atoms with Crippen molar-refractivity contribution in [2.75, 3.05) is 0 Å². The van der Waals surface area contributed by atoms with E-state index in [2.05, 4.69) is 49.1 Å². The molecule has 0 amide bonds. The monoisotopic (exact) mass is 879 g/mol. The molecule has 4 saturated heterocycles. The van der Waals surface area contributed by atoms with Crippen molar-refractivity contribution in [3.05, 3.63) is 42.7 Å². The van der Waals surface area contributed by atoms with E-state index in [9.17, 15) is 24.9 Å². The molecule has 0 unspecified atom stereocenters. The summed E-state index contributed by atoms with van der Waals surface area (Å²) in [7, 11) is 0. The van der Waals surface area contributed by atoms with E-state index in [4.69, 9.17) is 23.7 Å². The van der Waals surface area contributed by atoms with Gasteiger partial charge in [-0.25, -0.2) is 4.68 Å². The molecule has 63 heavy (non-hydrogen) atoms. The minimum absolute atomic E-state index is 0.00290. The molecule has 7 rings (SSSR count). The van der Waals surface area contributed by atoms with Crippen LogP contribution in [0.4, 0.5) is 0 Å². The maximum Gasteiger partial charge on any atom is 0.309 e. The van der Waals surface area contributed by atoms with Crippen LogP contribution in [0.1, 0.15) is 139 Å². The second-order valence-corrected chi connectivity index (χ2v) is 20.2. The number of carboxylic acid groups (broad SMARTS) is 1. The van der Waals surface area contributed by atoms with Gasteiger partial charge in [-0.3, -0.25) is 14.6 Å². The summed E-state index contributed by atoms with van der Waals surface area (Å²) in [5.41, 5.74) is -0.357. The highest BCUT2D eigenvalue weighted by atomic mass is 16.8. The van der Waals surface area contributed by atoms with E-state index in [-0.39, 0.29) is 41.8 Å². The molecule has 0 bridgehead atoms. The average molecular weight is 879 g/mol. The van der Waals surface area contributed by atoms with Crippen molar-refractivity contribution in [2.45, 2.75) is 199 Å². The molecule has 0 saturated carbocycles. The Morgan fingerprint density at radius 1 is 0.921 bits per heavy atom. The number of carboxylic acids is 1. The first kappa shape index (κ1) is 47.8. The molecule has 5 aliphatic rings. The summed E-state index contributed by atoms with van der Waals surface area (Å²) in [5, 5.41) is 42.2. The van der Waals surface area contributed by atoms with Crippen LogP contribution in [-0.4, -0.2) is 106 Å². The number of carbonyl (C=O) groups excluding carboxylic acids is 1. The Morgan fingerprint density at radius 2 is 1.67 bits per heavy atom. The van der Waals surface area contributed by atoms with Crippen molar-refractivity contribution < 1.29 is 48.6 Å². The zero-order chi connectivity index (χ0) is 45.6. The number of carbonyl (C=O) groups is 2. The average Bonchev–Trinajstić information content (AvgIpc) is 3.89. The molecule has 3 N–H and O–H groups in total. The lowest BCUT2D eigenvalue weighted by molar-refractivity contribution is -0.402.